The first-order valence-corrected chi connectivity index (χ1v) is 6.35. The molecule has 0 bridgehead atoms. The summed E-state index contributed by atoms with van der Waals surface area (Å²) in [6.45, 7) is 5.07. The van der Waals surface area contributed by atoms with Crippen molar-refractivity contribution in [2.45, 2.75) is 45.7 Å². The summed E-state index contributed by atoms with van der Waals surface area (Å²) in [4.78, 5) is 4.29. The number of hydrogen-bond acceptors (Lipinski definition) is 5. The van der Waals surface area contributed by atoms with Crippen molar-refractivity contribution in [3.05, 3.63) is 29.7 Å². The topological polar surface area (TPSA) is 82.8 Å². The van der Waals surface area contributed by atoms with Crippen molar-refractivity contribution in [2.75, 3.05) is 0 Å². The van der Waals surface area contributed by atoms with E-state index in [0.29, 0.717) is 11.7 Å². The number of hydrogen-bond donors (Lipinski definition) is 1. The predicted octanol–water partition coefficient (Wildman–Crippen LogP) is 1.68. The first kappa shape index (κ1) is 12.8. The van der Waals surface area contributed by atoms with Gasteiger partial charge in [0.15, 0.2) is 5.82 Å². The number of aromatic nitrogens is 4. The molecule has 0 saturated carbocycles. The molecule has 2 rings (SSSR count). The lowest BCUT2D eigenvalue weighted by Crippen LogP contribution is -2.13. The van der Waals surface area contributed by atoms with Crippen LogP contribution in [-0.4, -0.2) is 19.9 Å². The molecule has 0 fully saturated rings. The minimum atomic E-state index is -0.370. The second-order valence-corrected chi connectivity index (χ2v) is 4.31. The zero-order chi connectivity index (χ0) is 13.0. The van der Waals surface area contributed by atoms with Crippen LogP contribution in [0.2, 0.25) is 0 Å². The van der Waals surface area contributed by atoms with E-state index < -0.39 is 0 Å². The van der Waals surface area contributed by atoms with Gasteiger partial charge in [-0.3, -0.25) is 4.68 Å². The van der Waals surface area contributed by atoms with Crippen molar-refractivity contribution in [3.63, 3.8) is 0 Å². The maximum atomic E-state index is 6.10. The highest BCUT2D eigenvalue weighted by Gasteiger charge is 2.17. The molecular weight excluding hydrogens is 230 g/mol. The van der Waals surface area contributed by atoms with Gasteiger partial charge in [0, 0.05) is 24.7 Å². The van der Waals surface area contributed by atoms with Crippen LogP contribution in [0.3, 0.4) is 0 Å². The SMILES string of the molecule is CCCc1nc(C(N)c2cnn(CCC)c2)no1. The van der Waals surface area contributed by atoms with Crippen molar-refractivity contribution < 1.29 is 4.52 Å². The first-order valence-electron chi connectivity index (χ1n) is 6.35. The van der Waals surface area contributed by atoms with Crippen LogP contribution in [0, 0.1) is 0 Å². The molecule has 98 valence electrons. The summed E-state index contributed by atoms with van der Waals surface area (Å²) in [5, 5.41) is 8.16. The standard InChI is InChI=1S/C12H19N5O/c1-3-5-10-15-12(16-18-10)11(13)9-7-14-17(8-9)6-4-2/h7-8,11H,3-6,13H2,1-2H3. The minimum Gasteiger partial charge on any atom is -0.339 e. The Morgan fingerprint density at radius 2 is 2.22 bits per heavy atom. The molecule has 1 atom stereocenters. The Morgan fingerprint density at radius 1 is 1.39 bits per heavy atom. The highest BCUT2D eigenvalue weighted by atomic mass is 16.5. The number of aryl methyl sites for hydroxylation is 2. The Morgan fingerprint density at radius 3 is 2.94 bits per heavy atom. The summed E-state index contributed by atoms with van der Waals surface area (Å²) in [6, 6.07) is -0.370. The largest absolute Gasteiger partial charge is 0.339 e. The second kappa shape index (κ2) is 5.77. The molecule has 2 aromatic heterocycles. The maximum Gasteiger partial charge on any atom is 0.226 e. The van der Waals surface area contributed by atoms with Crippen LogP contribution in [-0.2, 0) is 13.0 Å². The molecule has 0 saturated heterocycles. The molecule has 6 heteroatoms. The van der Waals surface area contributed by atoms with Gasteiger partial charge in [0.05, 0.1) is 12.2 Å². The van der Waals surface area contributed by atoms with E-state index in [2.05, 4.69) is 29.1 Å². The Bertz CT molecular complexity index is 446. The fourth-order valence-corrected chi connectivity index (χ4v) is 1.75. The van der Waals surface area contributed by atoms with E-state index in [4.69, 9.17) is 10.3 Å². The fraction of sp³-hybridized carbons (Fsp3) is 0.583. The van der Waals surface area contributed by atoms with Gasteiger partial charge in [-0.25, -0.2) is 0 Å². The quantitative estimate of drug-likeness (QED) is 0.842. The smallest absolute Gasteiger partial charge is 0.226 e. The average Bonchev–Trinajstić information content (AvgIpc) is 2.98. The maximum absolute atomic E-state index is 6.10. The number of nitrogens with zero attached hydrogens (tertiary/aromatic N) is 4. The number of rotatable bonds is 6. The van der Waals surface area contributed by atoms with Gasteiger partial charge in [0.2, 0.25) is 5.89 Å². The molecule has 0 aliphatic heterocycles. The average molecular weight is 249 g/mol. The highest BCUT2D eigenvalue weighted by molar-refractivity contribution is 5.17. The summed E-state index contributed by atoms with van der Waals surface area (Å²) >= 11 is 0. The molecule has 0 aromatic carbocycles. The summed E-state index contributed by atoms with van der Waals surface area (Å²) in [7, 11) is 0. The molecule has 0 radical (unpaired) electrons. The molecule has 6 nitrogen and oxygen atoms in total. The molecule has 1 unspecified atom stereocenters. The van der Waals surface area contributed by atoms with E-state index in [9.17, 15) is 0 Å². The molecule has 18 heavy (non-hydrogen) atoms. The zero-order valence-electron chi connectivity index (χ0n) is 10.8. The van der Waals surface area contributed by atoms with E-state index >= 15 is 0 Å². The van der Waals surface area contributed by atoms with Crippen LogP contribution in [0.1, 0.15) is 50.0 Å². The van der Waals surface area contributed by atoms with Crippen molar-refractivity contribution in [2.24, 2.45) is 5.73 Å². The van der Waals surface area contributed by atoms with Gasteiger partial charge >= 0.3 is 0 Å². The molecule has 0 aliphatic carbocycles. The zero-order valence-corrected chi connectivity index (χ0v) is 10.8. The molecule has 2 N–H and O–H groups in total. The minimum absolute atomic E-state index is 0.370. The van der Waals surface area contributed by atoms with Crippen molar-refractivity contribution in [3.8, 4) is 0 Å². The third kappa shape index (κ3) is 2.76. The lowest BCUT2D eigenvalue weighted by molar-refractivity contribution is 0.370. The Kier molecular flexibility index (Phi) is 4.09. The van der Waals surface area contributed by atoms with E-state index in [1.54, 1.807) is 6.20 Å². The summed E-state index contributed by atoms with van der Waals surface area (Å²) in [5.41, 5.74) is 7.01. The van der Waals surface area contributed by atoms with Gasteiger partial charge in [-0.15, -0.1) is 0 Å². The Labute approximate surface area is 106 Å². The van der Waals surface area contributed by atoms with E-state index in [1.807, 2.05) is 10.9 Å². The third-order valence-corrected chi connectivity index (χ3v) is 2.69. The highest BCUT2D eigenvalue weighted by Crippen LogP contribution is 2.16. The van der Waals surface area contributed by atoms with Crippen molar-refractivity contribution >= 4 is 0 Å². The van der Waals surface area contributed by atoms with Gasteiger partial charge < -0.3 is 10.3 Å². The van der Waals surface area contributed by atoms with Gasteiger partial charge in [-0.05, 0) is 12.8 Å². The van der Waals surface area contributed by atoms with Crippen LogP contribution in [0.15, 0.2) is 16.9 Å². The second-order valence-electron chi connectivity index (χ2n) is 4.31. The van der Waals surface area contributed by atoms with Crippen LogP contribution >= 0.6 is 0 Å². The van der Waals surface area contributed by atoms with Crippen LogP contribution in [0.25, 0.3) is 0 Å². The monoisotopic (exact) mass is 249 g/mol. The van der Waals surface area contributed by atoms with Gasteiger partial charge in [0.25, 0.3) is 0 Å². The van der Waals surface area contributed by atoms with Crippen LogP contribution in [0.5, 0.6) is 0 Å². The first-order chi connectivity index (χ1) is 8.74. The third-order valence-electron chi connectivity index (χ3n) is 2.69. The van der Waals surface area contributed by atoms with Gasteiger partial charge in [-0.1, -0.05) is 19.0 Å². The molecule has 0 amide bonds. The lowest BCUT2D eigenvalue weighted by Gasteiger charge is -2.02. The molecule has 0 aliphatic rings. The predicted molar refractivity (Wildman–Crippen MR) is 66.8 cm³/mol. The summed E-state index contributed by atoms with van der Waals surface area (Å²) < 4.78 is 7.01. The van der Waals surface area contributed by atoms with Gasteiger partial charge in [-0.2, -0.15) is 10.1 Å². The summed E-state index contributed by atoms with van der Waals surface area (Å²) in [5.74, 6) is 1.17. The molecular formula is C12H19N5O. The summed E-state index contributed by atoms with van der Waals surface area (Å²) in [6.07, 6.45) is 6.50. The van der Waals surface area contributed by atoms with E-state index in [-0.39, 0.29) is 6.04 Å². The van der Waals surface area contributed by atoms with Gasteiger partial charge in [0.1, 0.15) is 0 Å². The van der Waals surface area contributed by atoms with Crippen molar-refractivity contribution in [1.29, 1.82) is 0 Å². The molecule has 2 aromatic rings. The Hall–Kier alpha value is -1.69. The van der Waals surface area contributed by atoms with Crippen LogP contribution in [0.4, 0.5) is 0 Å². The fourth-order valence-electron chi connectivity index (χ4n) is 1.75. The normalized spacial score (nSPS) is 12.8. The lowest BCUT2D eigenvalue weighted by atomic mass is 10.1. The van der Waals surface area contributed by atoms with Crippen molar-refractivity contribution in [1.82, 2.24) is 19.9 Å². The molecule has 2 heterocycles. The van der Waals surface area contributed by atoms with Crippen LogP contribution < -0.4 is 5.73 Å². The van der Waals surface area contributed by atoms with E-state index in [1.165, 1.54) is 0 Å². The number of nitrogens with two attached hydrogens (primary N) is 1. The molecule has 0 spiro atoms. The van der Waals surface area contributed by atoms with E-state index in [0.717, 1.165) is 31.4 Å². The Balaban J connectivity index is 2.10.